The van der Waals surface area contributed by atoms with E-state index in [2.05, 4.69) is 15.0 Å². The number of nitrogens with zero attached hydrogens (tertiary/aromatic N) is 5. The predicted octanol–water partition coefficient (Wildman–Crippen LogP) is 1.33. The quantitative estimate of drug-likeness (QED) is 0.817. The highest BCUT2D eigenvalue weighted by atomic mass is 16.5. The first-order valence-electron chi connectivity index (χ1n) is 8.46. The van der Waals surface area contributed by atoms with Gasteiger partial charge in [-0.2, -0.15) is 0 Å². The van der Waals surface area contributed by atoms with Crippen LogP contribution in [-0.2, 0) is 11.2 Å². The van der Waals surface area contributed by atoms with Gasteiger partial charge in [-0.05, 0) is 31.0 Å². The van der Waals surface area contributed by atoms with Crippen molar-refractivity contribution in [2.24, 2.45) is 0 Å². The van der Waals surface area contributed by atoms with Crippen molar-refractivity contribution in [2.75, 3.05) is 44.8 Å². The molecule has 1 fully saturated rings. The molecule has 2 aromatic rings. The molecule has 0 aliphatic carbocycles. The van der Waals surface area contributed by atoms with Crippen LogP contribution in [-0.4, -0.2) is 65.7 Å². The molecule has 25 heavy (non-hydrogen) atoms. The largest absolute Gasteiger partial charge is 0.378 e. The lowest BCUT2D eigenvalue weighted by molar-refractivity contribution is 0.0299. The predicted molar refractivity (Wildman–Crippen MR) is 94.7 cm³/mol. The van der Waals surface area contributed by atoms with Crippen molar-refractivity contribution >= 4 is 11.7 Å². The number of anilines is 1. The molecule has 0 saturated carbocycles. The van der Waals surface area contributed by atoms with Crippen LogP contribution in [0.3, 0.4) is 0 Å². The summed E-state index contributed by atoms with van der Waals surface area (Å²) in [7, 11) is 1.98. The Labute approximate surface area is 147 Å². The summed E-state index contributed by atoms with van der Waals surface area (Å²) in [5.41, 5.74) is 1.66. The lowest BCUT2D eigenvalue weighted by atomic mass is 10.2. The van der Waals surface area contributed by atoms with E-state index in [9.17, 15) is 4.79 Å². The number of amides is 1. The first-order chi connectivity index (χ1) is 12.1. The second kappa shape index (κ2) is 8.02. The molecular formula is C18H23N5O2. The Hall–Kier alpha value is -2.54. The number of pyridine rings is 1. The summed E-state index contributed by atoms with van der Waals surface area (Å²) in [4.78, 5) is 29.3. The van der Waals surface area contributed by atoms with E-state index in [0.717, 1.165) is 18.8 Å². The fourth-order valence-corrected chi connectivity index (χ4v) is 2.75. The molecule has 1 aliphatic rings. The fraction of sp³-hybridized carbons (Fsp3) is 0.444. The number of hydrogen-bond acceptors (Lipinski definition) is 6. The first kappa shape index (κ1) is 17.3. The van der Waals surface area contributed by atoms with Crippen LogP contribution >= 0.6 is 0 Å². The molecule has 0 unspecified atom stereocenters. The minimum Gasteiger partial charge on any atom is -0.378 e. The highest BCUT2D eigenvalue weighted by Crippen LogP contribution is 2.14. The van der Waals surface area contributed by atoms with Crippen molar-refractivity contribution in [3.8, 4) is 0 Å². The molecule has 3 heterocycles. The van der Waals surface area contributed by atoms with Crippen LogP contribution in [0.2, 0.25) is 0 Å². The van der Waals surface area contributed by atoms with E-state index >= 15 is 0 Å². The summed E-state index contributed by atoms with van der Waals surface area (Å²) in [5, 5.41) is 0. The van der Waals surface area contributed by atoms with Gasteiger partial charge in [0.1, 0.15) is 17.3 Å². The van der Waals surface area contributed by atoms with Crippen molar-refractivity contribution in [1.29, 1.82) is 0 Å². The number of carbonyl (C=O) groups excluding carboxylic acids is 1. The van der Waals surface area contributed by atoms with Gasteiger partial charge in [0.05, 0.1) is 13.2 Å². The Bertz CT molecular complexity index is 717. The number of morpholine rings is 1. The maximum atomic E-state index is 12.7. The summed E-state index contributed by atoms with van der Waals surface area (Å²) in [6.45, 7) is 4.98. The van der Waals surface area contributed by atoms with Gasteiger partial charge in [0, 0.05) is 45.1 Å². The van der Waals surface area contributed by atoms with Crippen LogP contribution in [0.5, 0.6) is 0 Å². The van der Waals surface area contributed by atoms with Crippen LogP contribution < -0.4 is 4.90 Å². The molecule has 7 nitrogen and oxygen atoms in total. The minimum atomic E-state index is -0.0578. The highest BCUT2D eigenvalue weighted by Gasteiger charge is 2.21. The summed E-state index contributed by atoms with van der Waals surface area (Å²) in [6, 6.07) is 5.79. The molecule has 1 amide bonds. The summed E-state index contributed by atoms with van der Waals surface area (Å²) >= 11 is 0. The monoisotopic (exact) mass is 341 g/mol. The van der Waals surface area contributed by atoms with Crippen molar-refractivity contribution in [3.05, 3.63) is 47.7 Å². The Morgan fingerprint density at radius 2 is 1.96 bits per heavy atom. The number of likely N-dealkylation sites (N-methyl/N-ethyl adjacent to an activating group) is 1. The molecule has 3 rings (SSSR count). The van der Waals surface area contributed by atoms with Crippen LogP contribution in [0.4, 0.5) is 5.82 Å². The molecule has 1 aliphatic heterocycles. The zero-order valence-corrected chi connectivity index (χ0v) is 14.7. The summed E-state index contributed by atoms with van der Waals surface area (Å²) in [5.74, 6) is 1.31. The maximum Gasteiger partial charge on any atom is 0.272 e. The molecule has 0 radical (unpaired) electrons. The molecule has 7 heteroatoms. The van der Waals surface area contributed by atoms with Gasteiger partial charge >= 0.3 is 0 Å². The third-order valence-corrected chi connectivity index (χ3v) is 4.22. The number of ether oxygens (including phenoxy) is 1. The number of carbonyl (C=O) groups is 1. The second-order valence-corrected chi connectivity index (χ2v) is 6.09. The molecule has 0 atom stereocenters. The van der Waals surface area contributed by atoms with Gasteiger partial charge in [0.15, 0.2) is 0 Å². The number of rotatable bonds is 5. The average molecular weight is 341 g/mol. The highest BCUT2D eigenvalue weighted by molar-refractivity contribution is 5.93. The molecule has 0 N–H and O–H groups in total. The number of aromatic nitrogens is 3. The number of hydrogen-bond donors (Lipinski definition) is 0. The first-order valence-corrected chi connectivity index (χ1v) is 8.46. The Morgan fingerprint density at radius 1 is 1.24 bits per heavy atom. The molecule has 132 valence electrons. The van der Waals surface area contributed by atoms with Crippen molar-refractivity contribution < 1.29 is 9.53 Å². The fourth-order valence-electron chi connectivity index (χ4n) is 2.75. The van der Waals surface area contributed by atoms with Crippen LogP contribution in [0.25, 0.3) is 0 Å². The lowest BCUT2D eigenvalue weighted by Gasteiger charge is -2.27. The van der Waals surface area contributed by atoms with Crippen LogP contribution in [0.1, 0.15) is 21.9 Å². The Balaban J connectivity index is 1.70. The summed E-state index contributed by atoms with van der Waals surface area (Å²) < 4.78 is 5.31. The SMILES string of the molecule is Cc1nc(C(=O)N2CCOCC2)cc(N(C)CCc2ccncc2)n1. The molecule has 0 bridgehead atoms. The van der Waals surface area contributed by atoms with Gasteiger partial charge in [-0.1, -0.05) is 0 Å². The van der Waals surface area contributed by atoms with E-state index < -0.39 is 0 Å². The maximum absolute atomic E-state index is 12.7. The average Bonchev–Trinajstić information content (AvgIpc) is 2.66. The van der Waals surface area contributed by atoms with Gasteiger partial charge in [-0.3, -0.25) is 9.78 Å². The molecule has 0 spiro atoms. The third kappa shape index (κ3) is 4.51. The Morgan fingerprint density at radius 3 is 2.68 bits per heavy atom. The van der Waals surface area contributed by atoms with Gasteiger partial charge in [0.2, 0.25) is 0 Å². The van der Waals surface area contributed by atoms with Gasteiger partial charge < -0.3 is 14.5 Å². The molecule has 1 saturated heterocycles. The standard InChI is InChI=1S/C18H23N5O2/c1-14-20-16(18(24)23-9-11-25-12-10-23)13-17(21-14)22(2)8-5-15-3-6-19-7-4-15/h3-4,6-7,13H,5,8-12H2,1-2H3. The zero-order valence-electron chi connectivity index (χ0n) is 14.7. The minimum absolute atomic E-state index is 0.0578. The van der Waals surface area contributed by atoms with E-state index in [1.807, 2.05) is 31.0 Å². The second-order valence-electron chi connectivity index (χ2n) is 6.09. The van der Waals surface area contributed by atoms with Crippen molar-refractivity contribution in [2.45, 2.75) is 13.3 Å². The summed E-state index contributed by atoms with van der Waals surface area (Å²) in [6.07, 6.45) is 4.47. The van der Waals surface area contributed by atoms with E-state index in [1.165, 1.54) is 5.56 Å². The van der Waals surface area contributed by atoms with Crippen molar-refractivity contribution in [3.63, 3.8) is 0 Å². The normalized spacial score (nSPS) is 14.4. The zero-order chi connectivity index (χ0) is 17.6. The van der Waals surface area contributed by atoms with E-state index in [1.54, 1.807) is 23.4 Å². The van der Waals surface area contributed by atoms with E-state index in [0.29, 0.717) is 37.8 Å². The smallest absolute Gasteiger partial charge is 0.272 e. The van der Waals surface area contributed by atoms with Gasteiger partial charge in [-0.25, -0.2) is 9.97 Å². The van der Waals surface area contributed by atoms with E-state index in [-0.39, 0.29) is 5.91 Å². The van der Waals surface area contributed by atoms with Crippen LogP contribution in [0, 0.1) is 6.92 Å². The molecular weight excluding hydrogens is 318 g/mol. The Kier molecular flexibility index (Phi) is 5.55. The molecule has 0 aromatic carbocycles. The number of aryl methyl sites for hydroxylation is 1. The van der Waals surface area contributed by atoms with Crippen LogP contribution in [0.15, 0.2) is 30.6 Å². The molecule has 2 aromatic heterocycles. The van der Waals surface area contributed by atoms with Gasteiger partial charge in [-0.15, -0.1) is 0 Å². The lowest BCUT2D eigenvalue weighted by Crippen LogP contribution is -2.41. The van der Waals surface area contributed by atoms with Gasteiger partial charge in [0.25, 0.3) is 5.91 Å². The third-order valence-electron chi connectivity index (χ3n) is 4.22. The van der Waals surface area contributed by atoms with E-state index in [4.69, 9.17) is 4.74 Å². The topological polar surface area (TPSA) is 71.5 Å². The van der Waals surface area contributed by atoms with Crippen molar-refractivity contribution in [1.82, 2.24) is 19.9 Å².